The van der Waals surface area contributed by atoms with Crippen LogP contribution in [0, 0.1) is 11.3 Å². The maximum atomic E-state index is 9.25. The molecule has 1 unspecified atom stereocenters. The van der Waals surface area contributed by atoms with E-state index in [2.05, 4.69) is 35.7 Å². The zero-order valence-electron chi connectivity index (χ0n) is 10.1. The molecular formula is C15H18N2. The molecule has 1 saturated heterocycles. The van der Waals surface area contributed by atoms with Crippen molar-refractivity contribution in [1.29, 1.82) is 5.26 Å². The Morgan fingerprint density at radius 2 is 2.24 bits per heavy atom. The molecule has 17 heavy (non-hydrogen) atoms. The number of rotatable bonds is 2. The minimum absolute atomic E-state index is 0.141. The molecule has 1 aromatic carbocycles. The predicted molar refractivity (Wildman–Crippen MR) is 67.8 cm³/mol. The van der Waals surface area contributed by atoms with Crippen LogP contribution < -0.4 is 5.32 Å². The molecule has 0 radical (unpaired) electrons. The number of hydrogen-bond donors (Lipinski definition) is 1. The first-order valence-corrected chi connectivity index (χ1v) is 6.56. The lowest BCUT2D eigenvalue weighted by molar-refractivity contribution is 0.461. The van der Waals surface area contributed by atoms with Crippen molar-refractivity contribution in [3.63, 3.8) is 0 Å². The molecule has 3 rings (SSSR count). The van der Waals surface area contributed by atoms with Gasteiger partial charge in [0.05, 0.1) is 11.5 Å². The third-order valence-electron chi connectivity index (χ3n) is 4.17. The maximum Gasteiger partial charge on any atom is 0.0823 e. The van der Waals surface area contributed by atoms with Gasteiger partial charge in [-0.1, -0.05) is 24.3 Å². The van der Waals surface area contributed by atoms with Crippen molar-refractivity contribution < 1.29 is 0 Å². The topological polar surface area (TPSA) is 35.8 Å². The standard InChI is InChI=1S/C15H18N2/c16-11-15(6-7-15)14-5-1-3-12(9-14)13-4-2-8-17-10-13/h1,3,5,9,13,17H,2,4,6-8,10H2. The van der Waals surface area contributed by atoms with Crippen molar-refractivity contribution in [3.8, 4) is 6.07 Å². The fraction of sp³-hybridized carbons (Fsp3) is 0.533. The molecule has 1 aromatic rings. The van der Waals surface area contributed by atoms with Gasteiger partial charge in [0.2, 0.25) is 0 Å². The number of nitriles is 1. The molecule has 0 spiro atoms. The fourth-order valence-electron chi connectivity index (χ4n) is 2.82. The van der Waals surface area contributed by atoms with Gasteiger partial charge in [-0.25, -0.2) is 0 Å². The van der Waals surface area contributed by atoms with Crippen LogP contribution in [-0.2, 0) is 5.41 Å². The average Bonchev–Trinajstić information content (AvgIpc) is 3.21. The monoisotopic (exact) mass is 226 g/mol. The molecule has 1 atom stereocenters. The van der Waals surface area contributed by atoms with Gasteiger partial charge in [0.15, 0.2) is 0 Å². The van der Waals surface area contributed by atoms with Crippen LogP contribution in [0.2, 0.25) is 0 Å². The Kier molecular flexibility index (Phi) is 2.64. The first-order chi connectivity index (χ1) is 8.34. The van der Waals surface area contributed by atoms with Crippen LogP contribution in [0.3, 0.4) is 0 Å². The van der Waals surface area contributed by atoms with Crippen LogP contribution in [0.5, 0.6) is 0 Å². The number of nitrogens with one attached hydrogen (secondary N) is 1. The van der Waals surface area contributed by atoms with E-state index < -0.39 is 0 Å². The molecule has 1 N–H and O–H groups in total. The zero-order valence-corrected chi connectivity index (χ0v) is 10.1. The highest BCUT2D eigenvalue weighted by Crippen LogP contribution is 2.48. The van der Waals surface area contributed by atoms with Gasteiger partial charge in [-0.2, -0.15) is 5.26 Å². The van der Waals surface area contributed by atoms with E-state index in [1.165, 1.54) is 24.0 Å². The first-order valence-electron chi connectivity index (χ1n) is 6.56. The zero-order chi connectivity index (χ0) is 11.7. The highest BCUT2D eigenvalue weighted by Gasteiger charge is 2.44. The van der Waals surface area contributed by atoms with Crippen molar-refractivity contribution in [3.05, 3.63) is 35.4 Å². The second kappa shape index (κ2) is 4.16. The molecule has 2 nitrogen and oxygen atoms in total. The molecule has 2 heteroatoms. The van der Waals surface area contributed by atoms with E-state index in [0.29, 0.717) is 5.92 Å². The highest BCUT2D eigenvalue weighted by atomic mass is 14.9. The van der Waals surface area contributed by atoms with Crippen molar-refractivity contribution in [2.24, 2.45) is 0 Å². The Balaban J connectivity index is 1.86. The first kappa shape index (κ1) is 10.8. The summed E-state index contributed by atoms with van der Waals surface area (Å²) in [6.45, 7) is 2.24. The van der Waals surface area contributed by atoms with Crippen LogP contribution in [0.4, 0.5) is 0 Å². The van der Waals surface area contributed by atoms with Gasteiger partial charge in [0.1, 0.15) is 0 Å². The number of nitrogens with zero attached hydrogens (tertiary/aromatic N) is 1. The normalized spacial score (nSPS) is 26.2. The summed E-state index contributed by atoms with van der Waals surface area (Å²) in [6.07, 6.45) is 4.61. The summed E-state index contributed by atoms with van der Waals surface area (Å²) in [7, 11) is 0. The lowest BCUT2D eigenvalue weighted by Gasteiger charge is -2.24. The van der Waals surface area contributed by atoms with Crippen LogP contribution in [0.15, 0.2) is 24.3 Å². The molecule has 0 bridgehead atoms. The van der Waals surface area contributed by atoms with E-state index in [1.807, 2.05) is 0 Å². The minimum atomic E-state index is -0.141. The van der Waals surface area contributed by atoms with Crippen molar-refractivity contribution in [2.75, 3.05) is 13.1 Å². The van der Waals surface area contributed by atoms with Crippen LogP contribution in [0.25, 0.3) is 0 Å². The quantitative estimate of drug-likeness (QED) is 0.841. The molecule has 2 aliphatic rings. The second-order valence-corrected chi connectivity index (χ2v) is 5.36. The summed E-state index contributed by atoms with van der Waals surface area (Å²) in [5, 5.41) is 12.7. The van der Waals surface area contributed by atoms with Gasteiger partial charge in [-0.05, 0) is 49.3 Å². The maximum absolute atomic E-state index is 9.25. The molecule has 0 amide bonds. The van der Waals surface area contributed by atoms with E-state index >= 15 is 0 Å². The van der Waals surface area contributed by atoms with E-state index in [-0.39, 0.29) is 5.41 Å². The Labute approximate surface area is 103 Å². The summed E-state index contributed by atoms with van der Waals surface area (Å²) < 4.78 is 0. The Morgan fingerprint density at radius 1 is 1.35 bits per heavy atom. The number of benzene rings is 1. The molecular weight excluding hydrogens is 208 g/mol. The van der Waals surface area contributed by atoms with Crippen molar-refractivity contribution in [1.82, 2.24) is 5.32 Å². The van der Waals surface area contributed by atoms with E-state index in [1.54, 1.807) is 0 Å². The molecule has 1 aliphatic carbocycles. The molecule has 1 heterocycles. The Hall–Kier alpha value is -1.33. The average molecular weight is 226 g/mol. The van der Waals surface area contributed by atoms with Crippen molar-refractivity contribution in [2.45, 2.75) is 37.0 Å². The van der Waals surface area contributed by atoms with Crippen LogP contribution in [0.1, 0.15) is 42.7 Å². The third kappa shape index (κ3) is 1.96. The lowest BCUT2D eigenvalue weighted by Crippen LogP contribution is -2.28. The molecule has 1 aliphatic heterocycles. The highest BCUT2D eigenvalue weighted by molar-refractivity contribution is 5.41. The van der Waals surface area contributed by atoms with Gasteiger partial charge >= 0.3 is 0 Å². The summed E-state index contributed by atoms with van der Waals surface area (Å²) in [4.78, 5) is 0. The SMILES string of the molecule is N#CC1(c2cccc(C3CCCNC3)c2)CC1. The molecule has 1 saturated carbocycles. The molecule has 0 aromatic heterocycles. The summed E-state index contributed by atoms with van der Waals surface area (Å²) in [6, 6.07) is 11.2. The fourth-order valence-corrected chi connectivity index (χ4v) is 2.82. The molecule has 88 valence electrons. The third-order valence-corrected chi connectivity index (χ3v) is 4.17. The largest absolute Gasteiger partial charge is 0.316 e. The second-order valence-electron chi connectivity index (χ2n) is 5.36. The van der Waals surface area contributed by atoms with Gasteiger partial charge in [-0.3, -0.25) is 0 Å². The van der Waals surface area contributed by atoms with Crippen LogP contribution in [-0.4, -0.2) is 13.1 Å². The Bertz CT molecular complexity index is 448. The minimum Gasteiger partial charge on any atom is -0.316 e. The Morgan fingerprint density at radius 3 is 2.88 bits per heavy atom. The van der Waals surface area contributed by atoms with Crippen molar-refractivity contribution >= 4 is 0 Å². The number of hydrogen-bond acceptors (Lipinski definition) is 2. The predicted octanol–water partition coefficient (Wildman–Crippen LogP) is 2.71. The van der Waals surface area contributed by atoms with Gasteiger partial charge < -0.3 is 5.32 Å². The van der Waals surface area contributed by atoms with E-state index in [4.69, 9.17) is 0 Å². The summed E-state index contributed by atoms with van der Waals surface area (Å²) in [5.74, 6) is 0.637. The number of piperidine rings is 1. The van der Waals surface area contributed by atoms with Gasteiger partial charge in [0, 0.05) is 6.54 Å². The summed E-state index contributed by atoms with van der Waals surface area (Å²) in [5.41, 5.74) is 2.51. The smallest absolute Gasteiger partial charge is 0.0823 e. The van der Waals surface area contributed by atoms with Gasteiger partial charge in [0.25, 0.3) is 0 Å². The lowest BCUT2D eigenvalue weighted by atomic mass is 9.88. The van der Waals surface area contributed by atoms with E-state index in [9.17, 15) is 5.26 Å². The summed E-state index contributed by atoms with van der Waals surface area (Å²) >= 11 is 0. The van der Waals surface area contributed by atoms with Crippen LogP contribution >= 0.6 is 0 Å². The van der Waals surface area contributed by atoms with Gasteiger partial charge in [-0.15, -0.1) is 0 Å². The van der Waals surface area contributed by atoms with E-state index in [0.717, 1.165) is 25.9 Å². The molecule has 2 fully saturated rings.